The number of alkyl halides is 3. The second-order valence-electron chi connectivity index (χ2n) is 3.12. The first-order chi connectivity index (χ1) is 7.42. The largest absolute Gasteiger partial charge is 0.497 e. The van der Waals surface area contributed by atoms with Crippen molar-refractivity contribution >= 4 is 5.69 Å². The van der Waals surface area contributed by atoms with Gasteiger partial charge in [0.25, 0.3) is 0 Å². The van der Waals surface area contributed by atoms with Gasteiger partial charge in [-0.3, -0.25) is 0 Å². The molecule has 0 spiro atoms. The lowest BCUT2D eigenvalue weighted by Crippen LogP contribution is -2.13. The van der Waals surface area contributed by atoms with E-state index in [4.69, 9.17) is 15.2 Å². The first-order valence-corrected chi connectivity index (χ1v) is 4.55. The second-order valence-corrected chi connectivity index (χ2v) is 3.12. The molecule has 1 aromatic rings. The minimum atomic E-state index is -4.23. The molecule has 0 heterocycles. The summed E-state index contributed by atoms with van der Waals surface area (Å²) >= 11 is 0. The Morgan fingerprint density at radius 2 is 2.00 bits per heavy atom. The van der Waals surface area contributed by atoms with Crippen LogP contribution in [-0.2, 0) is 0 Å². The van der Waals surface area contributed by atoms with E-state index in [0.29, 0.717) is 5.75 Å². The summed E-state index contributed by atoms with van der Waals surface area (Å²) in [5.74, 6) is 0.680. The van der Waals surface area contributed by atoms with E-state index in [1.807, 2.05) is 0 Å². The van der Waals surface area contributed by atoms with Crippen LogP contribution in [0.15, 0.2) is 18.2 Å². The Bertz CT molecular complexity index is 352. The quantitative estimate of drug-likeness (QED) is 0.816. The Kier molecular flexibility index (Phi) is 3.87. The third-order valence-corrected chi connectivity index (χ3v) is 1.86. The Morgan fingerprint density at radius 1 is 1.31 bits per heavy atom. The van der Waals surface area contributed by atoms with Gasteiger partial charge in [-0.05, 0) is 12.1 Å². The van der Waals surface area contributed by atoms with Crippen molar-refractivity contribution in [2.24, 2.45) is 0 Å². The summed E-state index contributed by atoms with van der Waals surface area (Å²) in [6, 6.07) is 4.57. The van der Waals surface area contributed by atoms with Crippen LogP contribution in [0.1, 0.15) is 6.42 Å². The normalized spacial score (nSPS) is 11.2. The summed E-state index contributed by atoms with van der Waals surface area (Å²) in [4.78, 5) is 0. The predicted octanol–water partition coefficient (Wildman–Crippen LogP) is 2.61. The van der Waals surface area contributed by atoms with E-state index in [0.717, 1.165) is 0 Å². The molecule has 0 saturated heterocycles. The van der Waals surface area contributed by atoms with Crippen LogP contribution in [-0.4, -0.2) is 19.9 Å². The second kappa shape index (κ2) is 4.96. The number of anilines is 1. The van der Waals surface area contributed by atoms with Crippen molar-refractivity contribution in [3.05, 3.63) is 18.2 Å². The van der Waals surface area contributed by atoms with E-state index in [2.05, 4.69) is 0 Å². The van der Waals surface area contributed by atoms with Crippen LogP contribution in [0, 0.1) is 0 Å². The number of nitrogens with two attached hydrogens (primary N) is 1. The molecule has 0 atom stereocenters. The molecule has 0 aromatic heterocycles. The van der Waals surface area contributed by atoms with Crippen LogP contribution in [0.25, 0.3) is 0 Å². The fourth-order valence-electron chi connectivity index (χ4n) is 1.04. The number of hydrogen-bond acceptors (Lipinski definition) is 3. The summed E-state index contributed by atoms with van der Waals surface area (Å²) in [5, 5.41) is 0. The van der Waals surface area contributed by atoms with Gasteiger partial charge in [-0.1, -0.05) is 0 Å². The Hall–Kier alpha value is -1.59. The van der Waals surface area contributed by atoms with Gasteiger partial charge in [-0.2, -0.15) is 13.2 Å². The summed E-state index contributed by atoms with van der Waals surface area (Å²) in [5.41, 5.74) is 5.81. The number of benzene rings is 1. The zero-order valence-corrected chi connectivity index (χ0v) is 8.67. The molecule has 1 rings (SSSR count). The van der Waals surface area contributed by atoms with Gasteiger partial charge < -0.3 is 15.2 Å². The molecular formula is C10H12F3NO2. The van der Waals surface area contributed by atoms with Gasteiger partial charge >= 0.3 is 6.18 Å². The summed E-state index contributed by atoms with van der Waals surface area (Å²) in [7, 11) is 1.45. The maximum atomic E-state index is 11.9. The van der Waals surface area contributed by atoms with Crippen LogP contribution >= 0.6 is 0 Å². The molecule has 0 saturated carbocycles. The molecule has 0 aliphatic rings. The smallest absolute Gasteiger partial charge is 0.392 e. The maximum Gasteiger partial charge on any atom is 0.392 e. The van der Waals surface area contributed by atoms with Crippen molar-refractivity contribution < 1.29 is 22.6 Å². The highest BCUT2D eigenvalue weighted by Gasteiger charge is 2.26. The number of hydrogen-bond donors (Lipinski definition) is 1. The van der Waals surface area contributed by atoms with E-state index in [1.165, 1.54) is 19.2 Å². The van der Waals surface area contributed by atoms with Crippen molar-refractivity contribution in [1.29, 1.82) is 0 Å². The van der Waals surface area contributed by atoms with Crippen molar-refractivity contribution in [2.75, 3.05) is 19.5 Å². The molecule has 1 aromatic carbocycles. The van der Waals surface area contributed by atoms with Gasteiger partial charge in [0.2, 0.25) is 0 Å². The average molecular weight is 235 g/mol. The predicted molar refractivity (Wildman–Crippen MR) is 53.6 cm³/mol. The van der Waals surface area contributed by atoms with Gasteiger partial charge in [0, 0.05) is 6.07 Å². The van der Waals surface area contributed by atoms with Crippen molar-refractivity contribution in [2.45, 2.75) is 12.6 Å². The first-order valence-electron chi connectivity index (χ1n) is 4.55. The number of halogens is 3. The molecule has 0 fully saturated rings. The zero-order valence-electron chi connectivity index (χ0n) is 8.67. The minimum Gasteiger partial charge on any atom is -0.497 e. The highest BCUT2D eigenvalue weighted by atomic mass is 19.4. The van der Waals surface area contributed by atoms with Gasteiger partial charge in [0.05, 0.1) is 25.8 Å². The molecule has 0 bridgehead atoms. The van der Waals surface area contributed by atoms with Crippen LogP contribution < -0.4 is 15.2 Å². The highest BCUT2D eigenvalue weighted by Crippen LogP contribution is 2.28. The molecule has 0 radical (unpaired) electrons. The fraction of sp³-hybridized carbons (Fsp3) is 0.400. The van der Waals surface area contributed by atoms with Gasteiger partial charge in [0.15, 0.2) is 0 Å². The molecule has 16 heavy (non-hydrogen) atoms. The van der Waals surface area contributed by atoms with Crippen LogP contribution in [0.2, 0.25) is 0 Å². The summed E-state index contributed by atoms with van der Waals surface area (Å²) < 4.78 is 45.4. The molecule has 0 unspecified atom stereocenters. The Labute approximate surface area is 91.0 Å². The molecule has 0 aliphatic carbocycles. The molecule has 0 aliphatic heterocycles. The van der Waals surface area contributed by atoms with Gasteiger partial charge in [-0.15, -0.1) is 0 Å². The third kappa shape index (κ3) is 3.88. The molecular weight excluding hydrogens is 223 g/mol. The third-order valence-electron chi connectivity index (χ3n) is 1.86. The van der Waals surface area contributed by atoms with Gasteiger partial charge in [0.1, 0.15) is 11.5 Å². The molecule has 0 amide bonds. The Morgan fingerprint density at radius 3 is 2.56 bits per heavy atom. The molecule has 3 nitrogen and oxygen atoms in total. The van der Waals surface area contributed by atoms with Crippen molar-refractivity contribution in [1.82, 2.24) is 0 Å². The highest BCUT2D eigenvalue weighted by molar-refractivity contribution is 5.55. The SMILES string of the molecule is COc1ccc(N)c(OCCC(F)(F)F)c1. The molecule has 6 heteroatoms. The lowest BCUT2D eigenvalue weighted by Gasteiger charge is -2.11. The topological polar surface area (TPSA) is 44.5 Å². The molecule has 2 N–H and O–H groups in total. The van der Waals surface area contributed by atoms with Crippen LogP contribution in [0.5, 0.6) is 11.5 Å². The van der Waals surface area contributed by atoms with Crippen molar-refractivity contribution in [3.63, 3.8) is 0 Å². The van der Waals surface area contributed by atoms with E-state index >= 15 is 0 Å². The minimum absolute atomic E-state index is 0.198. The number of nitrogen functional groups attached to an aromatic ring is 1. The number of methoxy groups -OCH3 is 1. The standard InChI is InChI=1S/C10H12F3NO2/c1-15-7-2-3-8(14)9(6-7)16-5-4-10(11,12)13/h2-3,6H,4-5,14H2,1H3. The lowest BCUT2D eigenvalue weighted by atomic mass is 10.3. The Balaban J connectivity index is 2.59. The average Bonchev–Trinajstić information content (AvgIpc) is 2.19. The summed E-state index contributed by atoms with van der Waals surface area (Å²) in [6.45, 7) is -0.457. The maximum absolute atomic E-state index is 11.9. The van der Waals surface area contributed by atoms with E-state index in [1.54, 1.807) is 6.07 Å². The zero-order chi connectivity index (χ0) is 12.2. The van der Waals surface area contributed by atoms with Gasteiger partial charge in [-0.25, -0.2) is 0 Å². The fourth-order valence-corrected chi connectivity index (χ4v) is 1.04. The monoisotopic (exact) mass is 235 g/mol. The van der Waals surface area contributed by atoms with E-state index in [-0.39, 0.29) is 11.4 Å². The van der Waals surface area contributed by atoms with Crippen LogP contribution in [0.3, 0.4) is 0 Å². The van der Waals surface area contributed by atoms with E-state index < -0.39 is 19.2 Å². The summed E-state index contributed by atoms with van der Waals surface area (Å²) in [6.07, 6.45) is -5.24. The van der Waals surface area contributed by atoms with Crippen LogP contribution in [0.4, 0.5) is 18.9 Å². The first kappa shape index (κ1) is 12.5. The number of rotatable bonds is 4. The van der Waals surface area contributed by atoms with Crippen molar-refractivity contribution in [3.8, 4) is 11.5 Å². The number of ether oxygens (including phenoxy) is 2. The lowest BCUT2D eigenvalue weighted by molar-refractivity contribution is -0.139. The van der Waals surface area contributed by atoms with E-state index in [9.17, 15) is 13.2 Å². The molecule has 90 valence electrons.